The highest BCUT2D eigenvalue weighted by Gasteiger charge is 2.43. The summed E-state index contributed by atoms with van der Waals surface area (Å²) >= 11 is 0. The van der Waals surface area contributed by atoms with Crippen LogP contribution in [0.15, 0.2) is 0 Å². The van der Waals surface area contributed by atoms with E-state index in [-0.39, 0.29) is 17.8 Å². The Balaban J connectivity index is 0.000000720. The first-order valence-corrected chi connectivity index (χ1v) is 4.72. The predicted octanol–water partition coefficient (Wildman–Crippen LogP) is 1.32. The number of halogens is 1. The molecule has 12 heavy (non-hydrogen) atoms. The first kappa shape index (κ1) is 10.3. The van der Waals surface area contributed by atoms with Crippen LogP contribution in [0.2, 0.25) is 0 Å². The molecule has 2 aliphatic rings. The van der Waals surface area contributed by atoms with Gasteiger partial charge < -0.3 is 10.4 Å². The lowest BCUT2D eigenvalue weighted by molar-refractivity contribution is 0.0717. The van der Waals surface area contributed by atoms with Gasteiger partial charge in [0.15, 0.2) is 0 Å². The summed E-state index contributed by atoms with van der Waals surface area (Å²) in [5, 5.41) is 12.8. The van der Waals surface area contributed by atoms with E-state index in [9.17, 15) is 5.11 Å². The van der Waals surface area contributed by atoms with E-state index in [1.807, 2.05) is 0 Å². The van der Waals surface area contributed by atoms with Gasteiger partial charge in [0.2, 0.25) is 0 Å². The van der Waals surface area contributed by atoms with Crippen LogP contribution < -0.4 is 5.32 Å². The Morgan fingerprint density at radius 1 is 1.33 bits per heavy atom. The molecule has 0 amide bonds. The summed E-state index contributed by atoms with van der Waals surface area (Å²) in [7, 11) is 0. The van der Waals surface area contributed by atoms with Crippen molar-refractivity contribution in [2.75, 3.05) is 13.2 Å². The largest absolute Gasteiger partial charge is 0.396 e. The zero-order chi connectivity index (χ0) is 7.73. The maximum atomic E-state index is 9.31. The molecule has 2 fully saturated rings. The molecular weight excluding hydrogens is 174 g/mol. The monoisotopic (exact) mass is 191 g/mol. The molecule has 1 heterocycles. The highest BCUT2D eigenvalue weighted by atomic mass is 35.5. The van der Waals surface area contributed by atoms with Crippen molar-refractivity contribution in [3.63, 3.8) is 0 Å². The summed E-state index contributed by atoms with van der Waals surface area (Å²) in [4.78, 5) is 0. The third kappa shape index (κ3) is 1.48. The summed E-state index contributed by atoms with van der Waals surface area (Å²) < 4.78 is 0. The van der Waals surface area contributed by atoms with Crippen molar-refractivity contribution < 1.29 is 5.11 Å². The molecule has 72 valence electrons. The zero-order valence-corrected chi connectivity index (χ0v) is 8.20. The number of nitrogens with one attached hydrogen (secondary N) is 1. The summed E-state index contributed by atoms with van der Waals surface area (Å²) in [6, 6.07) is 0.626. The first-order chi connectivity index (χ1) is 5.37. The van der Waals surface area contributed by atoms with Crippen molar-refractivity contribution in [2.45, 2.75) is 38.1 Å². The highest BCUT2D eigenvalue weighted by molar-refractivity contribution is 5.85. The standard InChI is InChI=1S/C9H17NO.ClH/c11-7-9-4-1-3-8(9)10-6-2-5-9;/h8,10-11H,1-7H2;1H/t8-,9-;/m1./s1. The molecule has 1 saturated heterocycles. The maximum absolute atomic E-state index is 9.31. The van der Waals surface area contributed by atoms with Gasteiger partial charge in [0, 0.05) is 11.5 Å². The number of rotatable bonds is 1. The minimum Gasteiger partial charge on any atom is -0.396 e. The fourth-order valence-electron chi connectivity index (χ4n) is 2.74. The van der Waals surface area contributed by atoms with Crippen molar-refractivity contribution in [1.29, 1.82) is 0 Å². The van der Waals surface area contributed by atoms with Gasteiger partial charge in [0.05, 0.1) is 6.61 Å². The van der Waals surface area contributed by atoms with Gasteiger partial charge in [-0.3, -0.25) is 0 Å². The van der Waals surface area contributed by atoms with Crippen molar-refractivity contribution >= 4 is 12.4 Å². The van der Waals surface area contributed by atoms with Gasteiger partial charge in [-0.2, -0.15) is 0 Å². The van der Waals surface area contributed by atoms with Gasteiger partial charge in [-0.15, -0.1) is 12.4 Å². The van der Waals surface area contributed by atoms with Crippen molar-refractivity contribution in [2.24, 2.45) is 5.41 Å². The van der Waals surface area contributed by atoms with Gasteiger partial charge >= 0.3 is 0 Å². The average molecular weight is 192 g/mol. The average Bonchev–Trinajstić information content (AvgIpc) is 2.48. The zero-order valence-electron chi connectivity index (χ0n) is 7.38. The smallest absolute Gasteiger partial charge is 0.0502 e. The third-order valence-corrected chi connectivity index (χ3v) is 3.46. The van der Waals surface area contributed by atoms with Crippen LogP contribution in [0.3, 0.4) is 0 Å². The van der Waals surface area contributed by atoms with E-state index >= 15 is 0 Å². The minimum absolute atomic E-state index is 0. The van der Waals surface area contributed by atoms with Crippen LogP contribution in [0.4, 0.5) is 0 Å². The Labute approximate surface area is 80.1 Å². The number of aliphatic hydroxyl groups is 1. The number of piperidine rings is 1. The molecule has 2 rings (SSSR count). The molecule has 0 unspecified atom stereocenters. The lowest BCUT2D eigenvalue weighted by Gasteiger charge is -2.38. The second-order valence-corrected chi connectivity index (χ2v) is 4.02. The van der Waals surface area contributed by atoms with E-state index in [1.54, 1.807) is 0 Å². The molecule has 0 aromatic rings. The predicted molar refractivity (Wildman–Crippen MR) is 51.6 cm³/mol. The molecule has 1 saturated carbocycles. The highest BCUT2D eigenvalue weighted by Crippen LogP contribution is 2.43. The fourth-order valence-corrected chi connectivity index (χ4v) is 2.74. The van der Waals surface area contributed by atoms with Gasteiger partial charge in [-0.25, -0.2) is 0 Å². The minimum atomic E-state index is 0. The van der Waals surface area contributed by atoms with Crippen LogP contribution in [0.5, 0.6) is 0 Å². The Hall–Kier alpha value is 0.210. The van der Waals surface area contributed by atoms with E-state index in [2.05, 4.69) is 5.32 Å². The van der Waals surface area contributed by atoms with Crippen LogP contribution >= 0.6 is 12.4 Å². The Morgan fingerprint density at radius 2 is 2.08 bits per heavy atom. The second kappa shape index (κ2) is 3.95. The van der Waals surface area contributed by atoms with Gasteiger partial charge in [-0.1, -0.05) is 6.42 Å². The topological polar surface area (TPSA) is 32.3 Å². The summed E-state index contributed by atoms with van der Waals surface area (Å²) in [5.41, 5.74) is 0.276. The Bertz CT molecular complexity index is 153. The number of fused-ring (bicyclic) bond motifs is 1. The molecule has 0 bridgehead atoms. The van der Waals surface area contributed by atoms with Crippen LogP contribution in [-0.4, -0.2) is 24.3 Å². The molecular formula is C9H18ClNO. The number of aliphatic hydroxyl groups excluding tert-OH is 1. The third-order valence-electron chi connectivity index (χ3n) is 3.46. The molecule has 0 aromatic heterocycles. The molecule has 0 aromatic carbocycles. The van der Waals surface area contributed by atoms with Crippen molar-refractivity contribution in [3.8, 4) is 0 Å². The van der Waals surface area contributed by atoms with Crippen LogP contribution in [-0.2, 0) is 0 Å². The number of hydrogen-bond donors (Lipinski definition) is 2. The summed E-state index contributed by atoms with van der Waals surface area (Å²) in [6.07, 6.45) is 6.30. The molecule has 0 radical (unpaired) electrons. The molecule has 1 aliphatic carbocycles. The SMILES string of the molecule is Cl.OC[C@@]12CCCN[C@@H]1CCC2. The molecule has 2 nitrogen and oxygen atoms in total. The van der Waals surface area contributed by atoms with Crippen LogP contribution in [0.1, 0.15) is 32.1 Å². The normalized spacial score (nSPS) is 40.2. The molecule has 2 atom stereocenters. The lowest BCUT2D eigenvalue weighted by Crippen LogP contribution is -2.48. The maximum Gasteiger partial charge on any atom is 0.0502 e. The molecule has 3 heteroatoms. The van der Waals surface area contributed by atoms with E-state index in [1.165, 1.54) is 32.1 Å². The summed E-state index contributed by atoms with van der Waals surface area (Å²) in [5.74, 6) is 0. The fraction of sp³-hybridized carbons (Fsp3) is 1.00. The molecule has 2 N–H and O–H groups in total. The van der Waals surface area contributed by atoms with Gasteiger partial charge in [0.1, 0.15) is 0 Å². The van der Waals surface area contributed by atoms with E-state index in [4.69, 9.17) is 0 Å². The number of hydrogen-bond acceptors (Lipinski definition) is 2. The van der Waals surface area contributed by atoms with E-state index in [0.29, 0.717) is 12.6 Å². The molecule has 0 spiro atoms. The summed E-state index contributed by atoms with van der Waals surface area (Å²) in [6.45, 7) is 1.55. The quantitative estimate of drug-likeness (QED) is 0.656. The van der Waals surface area contributed by atoms with Crippen LogP contribution in [0, 0.1) is 5.41 Å². The molecule has 1 aliphatic heterocycles. The van der Waals surface area contributed by atoms with Crippen molar-refractivity contribution in [3.05, 3.63) is 0 Å². The van der Waals surface area contributed by atoms with Gasteiger partial charge in [-0.05, 0) is 32.2 Å². The van der Waals surface area contributed by atoms with Crippen LogP contribution in [0.25, 0.3) is 0 Å². The van der Waals surface area contributed by atoms with Gasteiger partial charge in [0.25, 0.3) is 0 Å². The Kier molecular flexibility index (Phi) is 3.38. The Morgan fingerprint density at radius 3 is 2.75 bits per heavy atom. The van der Waals surface area contributed by atoms with E-state index in [0.717, 1.165) is 6.54 Å². The second-order valence-electron chi connectivity index (χ2n) is 4.02. The van der Waals surface area contributed by atoms with Crippen molar-refractivity contribution in [1.82, 2.24) is 5.32 Å². The van der Waals surface area contributed by atoms with E-state index < -0.39 is 0 Å². The first-order valence-electron chi connectivity index (χ1n) is 4.72. The lowest BCUT2D eigenvalue weighted by atomic mass is 9.77.